The molecule has 6 heteroatoms. The monoisotopic (exact) mass is 406 g/mol. The maximum atomic E-state index is 12.6. The van der Waals surface area contributed by atoms with E-state index in [0.717, 1.165) is 37.9 Å². The van der Waals surface area contributed by atoms with E-state index in [0.29, 0.717) is 17.3 Å². The number of nitrogens with one attached hydrogen (secondary N) is 1. The fourth-order valence-corrected chi connectivity index (χ4v) is 4.70. The molecule has 0 aliphatic carbocycles. The first-order valence-corrected chi connectivity index (χ1v) is 11.5. The first kappa shape index (κ1) is 20.3. The van der Waals surface area contributed by atoms with Gasteiger partial charge in [-0.3, -0.25) is 4.90 Å². The summed E-state index contributed by atoms with van der Waals surface area (Å²) in [5.41, 5.74) is 3.84. The Balaban J connectivity index is 1.57. The summed E-state index contributed by atoms with van der Waals surface area (Å²) < 4.78 is 28.0. The largest absolute Gasteiger partial charge is 0.295 e. The van der Waals surface area contributed by atoms with Crippen molar-refractivity contribution in [3.63, 3.8) is 0 Å². The number of hydrogen-bond acceptors (Lipinski definition) is 3. The van der Waals surface area contributed by atoms with Crippen molar-refractivity contribution in [2.45, 2.75) is 43.7 Å². The number of alkyl halides is 1. The molecule has 4 nitrogen and oxygen atoms in total. The van der Waals surface area contributed by atoms with E-state index in [4.69, 9.17) is 11.6 Å². The van der Waals surface area contributed by atoms with Crippen LogP contribution in [0.4, 0.5) is 0 Å². The van der Waals surface area contributed by atoms with Gasteiger partial charge < -0.3 is 0 Å². The molecule has 0 radical (unpaired) electrons. The number of hydrogen-bond donors (Lipinski definition) is 1. The molecule has 2 aromatic rings. The first-order valence-electron chi connectivity index (χ1n) is 9.45. The summed E-state index contributed by atoms with van der Waals surface area (Å²) in [6.07, 6.45) is 2.77. The lowest BCUT2D eigenvalue weighted by atomic mass is 9.99. The third-order valence-corrected chi connectivity index (χ3v) is 6.89. The van der Waals surface area contributed by atoms with Crippen LogP contribution in [0.25, 0.3) is 0 Å². The van der Waals surface area contributed by atoms with Crippen LogP contribution in [0.2, 0.25) is 0 Å². The van der Waals surface area contributed by atoms with E-state index in [2.05, 4.69) is 40.8 Å². The van der Waals surface area contributed by atoms with Gasteiger partial charge in [0.2, 0.25) is 10.0 Å². The lowest BCUT2D eigenvalue weighted by Crippen LogP contribution is -2.44. The van der Waals surface area contributed by atoms with Crippen LogP contribution in [0.3, 0.4) is 0 Å². The van der Waals surface area contributed by atoms with Crippen LogP contribution in [0.15, 0.2) is 53.4 Å². The molecular formula is C21H27ClN2O2S. The zero-order chi connectivity index (χ0) is 19.3. The number of nitrogens with zero attached hydrogens (tertiary/aromatic N) is 1. The number of halogens is 1. The van der Waals surface area contributed by atoms with E-state index in [1.807, 2.05) is 12.1 Å². The fraction of sp³-hybridized carbons (Fsp3) is 0.429. The molecule has 0 spiro atoms. The highest BCUT2D eigenvalue weighted by atomic mass is 35.5. The number of rotatable bonds is 8. The molecule has 27 heavy (non-hydrogen) atoms. The molecule has 1 atom stereocenters. The molecule has 1 unspecified atom stereocenters. The molecular weight excluding hydrogens is 380 g/mol. The number of benzene rings is 2. The van der Waals surface area contributed by atoms with Crippen LogP contribution in [-0.2, 0) is 29.4 Å². The summed E-state index contributed by atoms with van der Waals surface area (Å²) in [7, 11) is -3.49. The maximum absolute atomic E-state index is 12.6. The minimum absolute atomic E-state index is 0.135. The average Bonchev–Trinajstić information content (AvgIpc) is 2.70. The van der Waals surface area contributed by atoms with Crippen LogP contribution in [-0.4, -0.2) is 38.3 Å². The molecule has 1 aliphatic heterocycles. The third-order valence-electron chi connectivity index (χ3n) is 5.19. The average molecular weight is 407 g/mol. The molecule has 0 amide bonds. The first-order chi connectivity index (χ1) is 13.0. The van der Waals surface area contributed by atoms with Gasteiger partial charge in [-0.15, -0.1) is 11.6 Å². The molecule has 0 bridgehead atoms. The second kappa shape index (κ2) is 9.20. The van der Waals surface area contributed by atoms with Gasteiger partial charge in [-0.25, -0.2) is 13.1 Å². The Bertz CT molecular complexity index is 853. The van der Waals surface area contributed by atoms with E-state index >= 15 is 0 Å². The fourth-order valence-electron chi connectivity index (χ4n) is 3.44. The van der Waals surface area contributed by atoms with Crippen molar-refractivity contribution in [2.75, 3.05) is 19.0 Å². The highest BCUT2D eigenvalue weighted by Gasteiger charge is 2.22. The molecule has 0 aromatic heterocycles. The summed E-state index contributed by atoms with van der Waals surface area (Å²) in [4.78, 5) is 2.65. The summed E-state index contributed by atoms with van der Waals surface area (Å²) in [5.74, 6) is 0.612. The molecule has 1 N–H and O–H groups in total. The van der Waals surface area contributed by atoms with Crippen LogP contribution >= 0.6 is 11.6 Å². The van der Waals surface area contributed by atoms with E-state index in [-0.39, 0.29) is 6.04 Å². The normalized spacial score (nSPS) is 16.1. The van der Waals surface area contributed by atoms with Gasteiger partial charge in [-0.05, 0) is 55.0 Å². The molecule has 0 fully saturated rings. The number of aryl methyl sites for hydroxylation is 1. The molecule has 1 aliphatic rings. The lowest BCUT2D eigenvalue weighted by Gasteiger charge is -2.33. The highest BCUT2D eigenvalue weighted by Crippen LogP contribution is 2.20. The Kier molecular flexibility index (Phi) is 6.93. The Morgan fingerprint density at radius 2 is 1.81 bits per heavy atom. The summed E-state index contributed by atoms with van der Waals surface area (Å²) in [5, 5.41) is 0. The van der Waals surface area contributed by atoms with Crippen molar-refractivity contribution in [2.24, 2.45) is 0 Å². The number of sulfonamides is 1. The second-order valence-electron chi connectivity index (χ2n) is 7.13. The van der Waals surface area contributed by atoms with Crippen LogP contribution in [0.1, 0.15) is 30.0 Å². The molecule has 2 aromatic carbocycles. The third kappa shape index (κ3) is 5.32. The quantitative estimate of drug-likeness (QED) is 0.681. The zero-order valence-corrected chi connectivity index (χ0v) is 17.3. The van der Waals surface area contributed by atoms with Gasteiger partial charge >= 0.3 is 0 Å². The summed E-state index contributed by atoms with van der Waals surface area (Å²) in [6, 6.07) is 15.7. The zero-order valence-electron chi connectivity index (χ0n) is 15.7. The van der Waals surface area contributed by atoms with Crippen LogP contribution < -0.4 is 4.72 Å². The Morgan fingerprint density at radius 3 is 2.52 bits per heavy atom. The predicted octanol–water partition coefficient (Wildman–Crippen LogP) is 3.58. The van der Waals surface area contributed by atoms with Gasteiger partial charge in [-0.2, -0.15) is 0 Å². The van der Waals surface area contributed by atoms with Crippen molar-refractivity contribution in [1.82, 2.24) is 9.62 Å². The topological polar surface area (TPSA) is 49.4 Å². The molecule has 146 valence electrons. The van der Waals surface area contributed by atoms with Gasteiger partial charge in [-0.1, -0.05) is 36.4 Å². The Labute approximate surface area is 167 Å². The molecule has 1 heterocycles. The van der Waals surface area contributed by atoms with Crippen molar-refractivity contribution in [3.05, 3.63) is 65.2 Å². The standard InChI is InChI=1S/C21H27ClN2O2S/c1-17(24-14-12-19-6-2-3-7-20(19)16-24)15-23-27(25,26)21-10-8-18(9-11-21)5-4-13-22/h2-3,6-11,17,23H,4-5,12-16H2,1H3. The Hall–Kier alpha value is -1.40. The number of fused-ring (bicyclic) bond motifs is 1. The van der Waals surface area contributed by atoms with Gasteiger partial charge in [0.05, 0.1) is 4.90 Å². The van der Waals surface area contributed by atoms with E-state index in [9.17, 15) is 8.42 Å². The van der Waals surface area contributed by atoms with E-state index < -0.39 is 10.0 Å². The van der Waals surface area contributed by atoms with Gasteiger partial charge in [0.25, 0.3) is 0 Å². The summed E-state index contributed by atoms with van der Waals surface area (Å²) in [6.45, 7) is 4.30. The SMILES string of the molecule is CC(CNS(=O)(=O)c1ccc(CCCCl)cc1)N1CCc2ccccc2C1. The van der Waals surface area contributed by atoms with Crippen molar-refractivity contribution in [3.8, 4) is 0 Å². The lowest BCUT2D eigenvalue weighted by molar-refractivity contribution is 0.192. The molecule has 0 saturated heterocycles. The second-order valence-corrected chi connectivity index (χ2v) is 9.27. The van der Waals surface area contributed by atoms with Crippen molar-refractivity contribution >= 4 is 21.6 Å². The minimum atomic E-state index is -3.49. The van der Waals surface area contributed by atoms with Gasteiger partial charge in [0, 0.05) is 31.6 Å². The van der Waals surface area contributed by atoms with Gasteiger partial charge in [0.1, 0.15) is 0 Å². The Morgan fingerprint density at radius 1 is 1.11 bits per heavy atom. The van der Waals surface area contributed by atoms with E-state index in [1.54, 1.807) is 12.1 Å². The van der Waals surface area contributed by atoms with Crippen LogP contribution in [0.5, 0.6) is 0 Å². The highest BCUT2D eigenvalue weighted by molar-refractivity contribution is 7.89. The van der Waals surface area contributed by atoms with Crippen molar-refractivity contribution in [1.29, 1.82) is 0 Å². The van der Waals surface area contributed by atoms with Crippen LogP contribution in [0, 0.1) is 0 Å². The summed E-state index contributed by atoms with van der Waals surface area (Å²) >= 11 is 5.71. The minimum Gasteiger partial charge on any atom is -0.295 e. The van der Waals surface area contributed by atoms with Crippen molar-refractivity contribution < 1.29 is 8.42 Å². The predicted molar refractivity (Wildman–Crippen MR) is 111 cm³/mol. The molecule has 0 saturated carbocycles. The van der Waals surface area contributed by atoms with Gasteiger partial charge in [0.15, 0.2) is 0 Å². The molecule has 3 rings (SSSR count). The smallest absolute Gasteiger partial charge is 0.240 e. The maximum Gasteiger partial charge on any atom is 0.240 e. The van der Waals surface area contributed by atoms with E-state index in [1.165, 1.54) is 11.1 Å².